The van der Waals surface area contributed by atoms with Crippen molar-refractivity contribution in [3.63, 3.8) is 0 Å². The molecule has 0 aliphatic heterocycles. The van der Waals surface area contributed by atoms with Crippen LogP contribution in [0, 0.1) is 0 Å². The second kappa shape index (κ2) is 49.1. The summed E-state index contributed by atoms with van der Waals surface area (Å²) < 4.78 is 39.4. The van der Waals surface area contributed by atoms with Crippen LogP contribution in [0.4, 0.5) is 0 Å². The molecule has 0 aromatic heterocycles. The maximum atomic E-state index is 12.8. The van der Waals surface area contributed by atoms with Gasteiger partial charge in [-0.3, -0.25) is 23.4 Å². The van der Waals surface area contributed by atoms with Gasteiger partial charge >= 0.3 is 25.7 Å². The molecule has 12 heteroatoms. The van der Waals surface area contributed by atoms with Gasteiger partial charge in [0, 0.05) is 19.3 Å². The van der Waals surface area contributed by atoms with Gasteiger partial charge in [-0.2, -0.15) is 0 Å². The predicted molar refractivity (Wildman–Crippen MR) is 270 cm³/mol. The largest absolute Gasteiger partial charge is 0.472 e. The normalized spacial score (nSPS) is 13.7. The summed E-state index contributed by atoms with van der Waals surface area (Å²) in [6.07, 6.45) is 48.2. The van der Waals surface area contributed by atoms with Crippen molar-refractivity contribution < 1.29 is 52.2 Å². The Morgan fingerprint density at radius 1 is 0.424 bits per heavy atom. The number of hydrogen-bond acceptors (Lipinski definition) is 10. The van der Waals surface area contributed by atoms with Gasteiger partial charge in [0.15, 0.2) is 6.10 Å². The zero-order valence-electron chi connectivity index (χ0n) is 42.4. The smallest absolute Gasteiger partial charge is 0.462 e. The third-order valence-corrected chi connectivity index (χ3v) is 12.5. The molecule has 0 bridgehead atoms. The Kier molecular flexibility index (Phi) is 47.4. The van der Waals surface area contributed by atoms with Crippen LogP contribution in [0.5, 0.6) is 0 Å². The lowest BCUT2D eigenvalue weighted by Crippen LogP contribution is -2.30. The average molecular weight is 955 g/mol. The van der Waals surface area contributed by atoms with Crippen molar-refractivity contribution in [1.82, 2.24) is 0 Å². The summed E-state index contributed by atoms with van der Waals surface area (Å²) in [5, 5.41) is 9.78. The number of esters is 3. The molecule has 0 fully saturated rings. The van der Waals surface area contributed by atoms with Crippen molar-refractivity contribution in [2.45, 2.75) is 264 Å². The fourth-order valence-corrected chi connectivity index (χ4v) is 8.17. The first-order chi connectivity index (χ1) is 32.2. The Morgan fingerprint density at radius 2 is 0.773 bits per heavy atom. The summed E-state index contributed by atoms with van der Waals surface area (Å²) in [5.41, 5.74) is 0. The van der Waals surface area contributed by atoms with Crippen LogP contribution in [-0.4, -0.2) is 66.5 Å². The second-order valence-corrected chi connectivity index (χ2v) is 19.5. The fraction of sp³-hybridized carbons (Fsp3) is 0.833. The van der Waals surface area contributed by atoms with Gasteiger partial charge in [0.2, 0.25) is 0 Å². The van der Waals surface area contributed by atoms with E-state index >= 15 is 0 Å². The maximum absolute atomic E-state index is 12.8. The van der Waals surface area contributed by atoms with Crippen LogP contribution in [0.3, 0.4) is 0 Å². The SMILES string of the molecule is CCC/C=C\C/C=C\CCCCCCCC(=O)OCC(COP(=O)(O)OCC(CO)OC(=O)CCCCCCCCCCCCCCC)OC(=O)CCCCCCC/C=C\CCCCCC. The molecule has 0 aliphatic rings. The van der Waals surface area contributed by atoms with Crippen LogP contribution in [0.25, 0.3) is 0 Å². The van der Waals surface area contributed by atoms with E-state index in [0.29, 0.717) is 19.3 Å². The number of aliphatic hydroxyl groups is 1. The van der Waals surface area contributed by atoms with Gasteiger partial charge in [0.25, 0.3) is 0 Å². The molecule has 3 unspecified atom stereocenters. The lowest BCUT2D eigenvalue weighted by Gasteiger charge is -2.21. The number of ether oxygens (including phenoxy) is 3. The number of allylic oxidation sites excluding steroid dienone is 6. The molecule has 0 saturated carbocycles. The molecule has 0 spiro atoms. The van der Waals surface area contributed by atoms with Crippen molar-refractivity contribution in [1.29, 1.82) is 0 Å². The molecule has 0 aliphatic carbocycles. The minimum Gasteiger partial charge on any atom is -0.462 e. The van der Waals surface area contributed by atoms with Crippen molar-refractivity contribution in [2.75, 3.05) is 26.4 Å². The number of aliphatic hydroxyl groups excluding tert-OH is 1. The minimum atomic E-state index is -4.74. The molecule has 2 N–H and O–H groups in total. The van der Waals surface area contributed by atoms with Gasteiger partial charge in [-0.05, 0) is 70.6 Å². The Labute approximate surface area is 403 Å². The summed E-state index contributed by atoms with van der Waals surface area (Å²) in [7, 11) is -4.74. The molecule has 386 valence electrons. The van der Waals surface area contributed by atoms with Gasteiger partial charge in [-0.1, -0.05) is 198 Å². The summed E-state index contributed by atoms with van der Waals surface area (Å²) in [6.45, 7) is 4.55. The minimum absolute atomic E-state index is 0.157. The van der Waals surface area contributed by atoms with E-state index in [0.717, 1.165) is 103 Å². The van der Waals surface area contributed by atoms with E-state index in [1.54, 1.807) is 0 Å². The molecular formula is C54H99O11P. The second-order valence-electron chi connectivity index (χ2n) is 18.0. The van der Waals surface area contributed by atoms with Crippen molar-refractivity contribution in [3.8, 4) is 0 Å². The Hall–Kier alpha value is -2.30. The van der Waals surface area contributed by atoms with Crippen molar-refractivity contribution in [2.24, 2.45) is 0 Å². The molecule has 0 aromatic carbocycles. The monoisotopic (exact) mass is 955 g/mol. The first kappa shape index (κ1) is 63.7. The van der Waals surface area contributed by atoms with Crippen molar-refractivity contribution in [3.05, 3.63) is 36.5 Å². The van der Waals surface area contributed by atoms with Crippen LogP contribution in [0.15, 0.2) is 36.5 Å². The Bertz CT molecular complexity index is 1250. The summed E-state index contributed by atoms with van der Waals surface area (Å²) in [6, 6.07) is 0. The highest BCUT2D eigenvalue weighted by Gasteiger charge is 2.28. The van der Waals surface area contributed by atoms with E-state index in [2.05, 4.69) is 57.2 Å². The zero-order chi connectivity index (χ0) is 48.4. The molecule has 66 heavy (non-hydrogen) atoms. The first-order valence-corrected chi connectivity index (χ1v) is 28.4. The highest BCUT2D eigenvalue weighted by atomic mass is 31.2. The topological polar surface area (TPSA) is 155 Å². The zero-order valence-corrected chi connectivity index (χ0v) is 43.3. The van der Waals surface area contributed by atoms with Crippen LogP contribution in [-0.2, 0) is 42.2 Å². The third kappa shape index (κ3) is 46.8. The predicted octanol–water partition coefficient (Wildman–Crippen LogP) is 15.3. The van der Waals surface area contributed by atoms with E-state index in [-0.39, 0.29) is 25.9 Å². The van der Waals surface area contributed by atoms with E-state index in [9.17, 15) is 28.9 Å². The lowest BCUT2D eigenvalue weighted by molar-refractivity contribution is -0.161. The number of phosphoric ester groups is 1. The molecule has 0 aromatic rings. The van der Waals surface area contributed by atoms with E-state index in [1.165, 1.54) is 89.9 Å². The Morgan fingerprint density at radius 3 is 1.21 bits per heavy atom. The van der Waals surface area contributed by atoms with E-state index < -0.39 is 57.8 Å². The van der Waals surface area contributed by atoms with Gasteiger partial charge in [-0.25, -0.2) is 4.57 Å². The molecule has 0 saturated heterocycles. The number of phosphoric acid groups is 1. The van der Waals surface area contributed by atoms with E-state index in [1.807, 2.05) is 0 Å². The van der Waals surface area contributed by atoms with Crippen LogP contribution in [0.2, 0.25) is 0 Å². The fourth-order valence-electron chi connectivity index (χ4n) is 7.39. The first-order valence-electron chi connectivity index (χ1n) is 26.9. The summed E-state index contributed by atoms with van der Waals surface area (Å²) >= 11 is 0. The highest BCUT2D eigenvalue weighted by Crippen LogP contribution is 2.43. The molecule has 0 rings (SSSR count). The number of carbonyl (C=O) groups excluding carboxylic acids is 3. The molecule has 0 heterocycles. The molecule has 11 nitrogen and oxygen atoms in total. The molecular weight excluding hydrogens is 856 g/mol. The van der Waals surface area contributed by atoms with Gasteiger partial charge in [-0.15, -0.1) is 0 Å². The quantitative estimate of drug-likeness (QED) is 0.0197. The number of unbranched alkanes of at least 4 members (excludes halogenated alkanes) is 27. The van der Waals surface area contributed by atoms with E-state index in [4.69, 9.17) is 23.3 Å². The van der Waals surface area contributed by atoms with Crippen LogP contribution >= 0.6 is 7.82 Å². The third-order valence-electron chi connectivity index (χ3n) is 11.5. The average Bonchev–Trinajstić information content (AvgIpc) is 3.30. The van der Waals surface area contributed by atoms with Crippen LogP contribution in [0.1, 0.15) is 252 Å². The molecule has 0 radical (unpaired) electrons. The van der Waals surface area contributed by atoms with Gasteiger partial charge in [0.05, 0.1) is 19.8 Å². The molecule has 3 atom stereocenters. The van der Waals surface area contributed by atoms with Crippen molar-refractivity contribution >= 4 is 25.7 Å². The van der Waals surface area contributed by atoms with Crippen LogP contribution < -0.4 is 0 Å². The van der Waals surface area contributed by atoms with Gasteiger partial charge in [0.1, 0.15) is 12.7 Å². The number of carbonyl (C=O) groups is 3. The number of rotatable bonds is 50. The maximum Gasteiger partial charge on any atom is 0.472 e. The molecule has 0 amide bonds. The highest BCUT2D eigenvalue weighted by molar-refractivity contribution is 7.47. The van der Waals surface area contributed by atoms with Gasteiger partial charge < -0.3 is 24.2 Å². The standard InChI is InChI=1S/C54H99O11P/c1-4-7-10-13-16-19-22-25-28-31-34-37-40-43-52(56)61-47-51(65-54(58)45-42-39-36-33-30-27-24-21-18-15-12-9-6-3)49-63-66(59,60)62-48-50(46-55)64-53(57)44-41-38-35-32-29-26-23-20-17-14-11-8-5-2/h10,13,19,21-22,24,50-51,55H,4-9,11-12,14-18,20,23,25-49H2,1-3H3,(H,59,60)/b13-10-,22-19-,24-21-. The lowest BCUT2D eigenvalue weighted by atomic mass is 10.0. The summed E-state index contributed by atoms with van der Waals surface area (Å²) in [4.78, 5) is 48.3. The Balaban J connectivity index is 4.73. The number of hydrogen-bond donors (Lipinski definition) is 2. The summed E-state index contributed by atoms with van der Waals surface area (Å²) in [5.74, 6) is -1.48.